The molecule has 1 nitrogen and oxygen atoms in total. The maximum absolute atomic E-state index is 4.57. The minimum atomic E-state index is 0.229. The van der Waals surface area contributed by atoms with Crippen LogP contribution in [-0.2, 0) is 0 Å². The minimum absolute atomic E-state index is 0.229. The number of rotatable bonds is 0. The Balaban J connectivity index is 3.23. The molecule has 0 radical (unpaired) electrons. The summed E-state index contributed by atoms with van der Waals surface area (Å²) in [7, 11) is 0. The van der Waals surface area contributed by atoms with E-state index in [1.54, 1.807) is 0 Å². The lowest BCUT2D eigenvalue weighted by Crippen LogP contribution is -2.21. The van der Waals surface area contributed by atoms with Gasteiger partial charge in [0.2, 0.25) is 0 Å². The molecule has 0 amide bonds. The molecule has 0 aromatic heterocycles. The van der Waals surface area contributed by atoms with Crippen molar-refractivity contribution < 1.29 is 0 Å². The van der Waals surface area contributed by atoms with Crippen LogP contribution in [0.2, 0.25) is 0 Å². The lowest BCUT2D eigenvalue weighted by molar-refractivity contribution is 0.459. The molecule has 1 rings (SSSR count). The maximum atomic E-state index is 4.57. The van der Waals surface area contributed by atoms with E-state index in [1.807, 2.05) is 0 Å². The van der Waals surface area contributed by atoms with E-state index in [-0.39, 0.29) is 10.8 Å². The largest absolute Gasteiger partial charge is 0.285 e. The Morgan fingerprint density at radius 1 is 0.929 bits per heavy atom. The highest BCUT2D eigenvalue weighted by atomic mass is 14.8. The molecule has 0 unspecified atom stereocenters. The number of hydrogen-bond donors (Lipinski definition) is 0. The van der Waals surface area contributed by atoms with Gasteiger partial charge in [-0.15, -0.1) is 0 Å². The normalized spacial score (nSPS) is 18.9. The van der Waals surface area contributed by atoms with Gasteiger partial charge in [0.1, 0.15) is 0 Å². The van der Waals surface area contributed by atoms with Crippen molar-refractivity contribution in [2.24, 2.45) is 15.8 Å². The number of nitrogens with zero attached hydrogens (tertiary/aromatic N) is 1. The second kappa shape index (κ2) is 3.22. The molecule has 0 aliphatic carbocycles. The second-order valence-electron chi connectivity index (χ2n) is 6.26. The molecule has 0 fully saturated rings. The van der Waals surface area contributed by atoms with Gasteiger partial charge in [-0.25, -0.2) is 0 Å². The highest BCUT2D eigenvalue weighted by molar-refractivity contribution is 6.02. The molecule has 1 heterocycles. The summed E-state index contributed by atoms with van der Waals surface area (Å²) in [6.45, 7) is 16.7. The lowest BCUT2D eigenvalue weighted by Gasteiger charge is -2.29. The summed E-state index contributed by atoms with van der Waals surface area (Å²) in [6.07, 6.45) is 0. The Morgan fingerprint density at radius 2 is 1.43 bits per heavy atom. The van der Waals surface area contributed by atoms with Crippen LogP contribution in [0.4, 0.5) is 0 Å². The van der Waals surface area contributed by atoms with E-state index >= 15 is 0 Å². The van der Waals surface area contributed by atoms with Gasteiger partial charge in [0.15, 0.2) is 0 Å². The van der Waals surface area contributed by atoms with E-state index in [4.69, 9.17) is 0 Å². The zero-order valence-electron chi connectivity index (χ0n) is 10.7. The Labute approximate surface area is 88.3 Å². The first kappa shape index (κ1) is 11.5. The van der Waals surface area contributed by atoms with Crippen LogP contribution in [0.1, 0.15) is 48.5 Å². The van der Waals surface area contributed by atoms with Gasteiger partial charge < -0.3 is 0 Å². The second-order valence-corrected chi connectivity index (χ2v) is 6.26. The molecular weight excluding hydrogens is 170 g/mol. The van der Waals surface area contributed by atoms with Crippen molar-refractivity contribution in [3.8, 4) is 0 Å². The molecule has 0 atom stereocenters. The molecule has 0 aromatic rings. The third-order valence-corrected chi connectivity index (χ3v) is 2.79. The van der Waals surface area contributed by atoms with E-state index in [0.717, 1.165) is 6.54 Å². The number of allylic oxidation sites excluding steroid dienone is 1. The van der Waals surface area contributed by atoms with Crippen LogP contribution in [0, 0.1) is 10.8 Å². The first-order valence-corrected chi connectivity index (χ1v) is 5.39. The summed E-state index contributed by atoms with van der Waals surface area (Å²) < 4.78 is 0. The minimum Gasteiger partial charge on any atom is -0.285 e. The molecule has 0 N–H and O–H groups in total. The van der Waals surface area contributed by atoms with Gasteiger partial charge in [-0.1, -0.05) is 41.5 Å². The topological polar surface area (TPSA) is 12.4 Å². The lowest BCUT2D eigenvalue weighted by atomic mass is 9.75. The summed E-state index contributed by atoms with van der Waals surface area (Å²) in [5.74, 6) is 0. The SMILES string of the molecule is CC1=NCC(C(C)(C)C)=C1C(C)(C)C. The van der Waals surface area contributed by atoms with E-state index in [1.165, 1.54) is 16.9 Å². The fraction of sp³-hybridized carbons (Fsp3) is 0.769. The van der Waals surface area contributed by atoms with Gasteiger partial charge >= 0.3 is 0 Å². The van der Waals surface area contributed by atoms with Crippen LogP contribution in [0.3, 0.4) is 0 Å². The third kappa shape index (κ3) is 2.08. The monoisotopic (exact) mass is 193 g/mol. The molecule has 0 spiro atoms. The summed E-state index contributed by atoms with van der Waals surface area (Å²) in [5, 5.41) is 0. The van der Waals surface area contributed by atoms with Crippen LogP contribution in [0.25, 0.3) is 0 Å². The van der Waals surface area contributed by atoms with Crippen molar-refractivity contribution in [1.82, 2.24) is 0 Å². The molecule has 14 heavy (non-hydrogen) atoms. The predicted octanol–water partition coefficient (Wildman–Crippen LogP) is 3.85. The summed E-state index contributed by atoms with van der Waals surface area (Å²) in [6, 6.07) is 0. The summed E-state index contributed by atoms with van der Waals surface area (Å²) >= 11 is 0. The van der Waals surface area contributed by atoms with Crippen molar-refractivity contribution in [3.63, 3.8) is 0 Å². The predicted molar refractivity (Wildman–Crippen MR) is 63.9 cm³/mol. The third-order valence-electron chi connectivity index (χ3n) is 2.79. The molecule has 80 valence electrons. The molecule has 0 saturated heterocycles. The van der Waals surface area contributed by atoms with Crippen molar-refractivity contribution >= 4 is 5.71 Å². The highest BCUT2D eigenvalue weighted by Gasteiger charge is 2.32. The van der Waals surface area contributed by atoms with Crippen LogP contribution in [0.15, 0.2) is 16.1 Å². The van der Waals surface area contributed by atoms with Gasteiger partial charge in [0, 0.05) is 5.71 Å². The Hall–Kier alpha value is -0.590. The molecular formula is C13H23N. The number of aliphatic imine (C=N–C) groups is 1. The van der Waals surface area contributed by atoms with E-state index < -0.39 is 0 Å². The Morgan fingerprint density at radius 3 is 1.71 bits per heavy atom. The first-order valence-electron chi connectivity index (χ1n) is 5.39. The highest BCUT2D eigenvalue weighted by Crippen LogP contribution is 2.40. The van der Waals surface area contributed by atoms with Gasteiger partial charge in [0.05, 0.1) is 6.54 Å². The molecule has 0 saturated carbocycles. The van der Waals surface area contributed by atoms with Crippen LogP contribution in [0.5, 0.6) is 0 Å². The molecule has 1 heteroatoms. The van der Waals surface area contributed by atoms with Crippen molar-refractivity contribution in [1.29, 1.82) is 0 Å². The first-order chi connectivity index (χ1) is 6.14. The molecule has 0 aromatic carbocycles. The van der Waals surface area contributed by atoms with Gasteiger partial charge in [-0.05, 0) is 28.9 Å². The quantitative estimate of drug-likeness (QED) is 0.554. The van der Waals surface area contributed by atoms with E-state index in [2.05, 4.69) is 53.5 Å². The van der Waals surface area contributed by atoms with Crippen molar-refractivity contribution in [3.05, 3.63) is 11.1 Å². The summed E-state index contributed by atoms with van der Waals surface area (Å²) in [5.41, 5.74) is 4.71. The van der Waals surface area contributed by atoms with Crippen LogP contribution < -0.4 is 0 Å². The smallest absolute Gasteiger partial charge is 0.0614 e. The van der Waals surface area contributed by atoms with E-state index in [0.29, 0.717) is 0 Å². The fourth-order valence-electron chi connectivity index (χ4n) is 2.18. The van der Waals surface area contributed by atoms with Crippen molar-refractivity contribution in [2.75, 3.05) is 6.54 Å². The van der Waals surface area contributed by atoms with E-state index in [9.17, 15) is 0 Å². The van der Waals surface area contributed by atoms with Crippen molar-refractivity contribution in [2.45, 2.75) is 48.5 Å². The van der Waals surface area contributed by atoms with Gasteiger partial charge in [-0.3, -0.25) is 4.99 Å². The molecule has 1 aliphatic heterocycles. The number of hydrogen-bond acceptors (Lipinski definition) is 1. The Kier molecular flexibility index (Phi) is 2.64. The standard InChI is InChI=1S/C13H23N/c1-9-11(13(5,6)7)10(8-14-9)12(2,3)4/h8H2,1-7H3. The van der Waals surface area contributed by atoms with Gasteiger partial charge in [0.25, 0.3) is 0 Å². The van der Waals surface area contributed by atoms with Crippen LogP contribution in [-0.4, -0.2) is 12.3 Å². The molecule has 0 bridgehead atoms. The maximum Gasteiger partial charge on any atom is 0.0614 e. The average molecular weight is 193 g/mol. The average Bonchev–Trinajstić information content (AvgIpc) is 2.27. The Bertz CT molecular complexity index is 292. The van der Waals surface area contributed by atoms with Gasteiger partial charge in [-0.2, -0.15) is 0 Å². The summed E-state index contributed by atoms with van der Waals surface area (Å²) in [4.78, 5) is 4.57. The van der Waals surface area contributed by atoms with Crippen LogP contribution >= 0.6 is 0 Å². The zero-order valence-corrected chi connectivity index (χ0v) is 10.7. The molecule has 1 aliphatic rings. The zero-order chi connectivity index (χ0) is 11.1. The fourth-order valence-corrected chi connectivity index (χ4v) is 2.18.